The van der Waals surface area contributed by atoms with Crippen molar-refractivity contribution in [2.75, 3.05) is 6.54 Å². The lowest BCUT2D eigenvalue weighted by Gasteiger charge is -2.27. The zero-order valence-electron chi connectivity index (χ0n) is 11.6. The van der Waals surface area contributed by atoms with Crippen LogP contribution in [0.5, 0.6) is 0 Å². The third-order valence-electron chi connectivity index (χ3n) is 3.21. The first-order valence-corrected chi connectivity index (χ1v) is 8.62. The molecule has 1 aromatic rings. The number of hydrogen-bond donors (Lipinski definition) is 1. The molecule has 0 radical (unpaired) electrons. The second kappa shape index (κ2) is 6.83. The van der Waals surface area contributed by atoms with Gasteiger partial charge in [-0.25, -0.2) is 8.42 Å². The number of benzene rings is 1. The Balaban J connectivity index is 3.33. The topological polar surface area (TPSA) is 63.4 Å². The molecule has 0 aliphatic carbocycles. The second-order valence-electron chi connectivity index (χ2n) is 4.43. The number of nitrogens with zero attached hydrogens (tertiary/aromatic N) is 1. The maximum atomic E-state index is 12.7. The summed E-state index contributed by atoms with van der Waals surface area (Å²) in [7, 11) is -3.49. The molecule has 1 atom stereocenters. The van der Waals surface area contributed by atoms with E-state index in [1.54, 1.807) is 12.1 Å². The van der Waals surface area contributed by atoms with Gasteiger partial charge in [0.2, 0.25) is 10.0 Å². The van der Waals surface area contributed by atoms with E-state index in [2.05, 4.69) is 15.9 Å². The van der Waals surface area contributed by atoms with Gasteiger partial charge in [-0.05, 0) is 47.0 Å². The Morgan fingerprint density at radius 1 is 1.37 bits per heavy atom. The van der Waals surface area contributed by atoms with E-state index in [0.29, 0.717) is 17.6 Å². The minimum absolute atomic E-state index is 0.0246. The predicted molar refractivity (Wildman–Crippen MR) is 81.4 cm³/mol. The lowest BCUT2D eigenvalue weighted by Crippen LogP contribution is -2.38. The molecule has 1 rings (SSSR count). The van der Waals surface area contributed by atoms with Crippen molar-refractivity contribution in [3.8, 4) is 0 Å². The summed E-state index contributed by atoms with van der Waals surface area (Å²) in [5.41, 5.74) is 6.39. The molecule has 0 aliphatic rings. The van der Waals surface area contributed by atoms with E-state index < -0.39 is 10.0 Å². The number of hydrogen-bond acceptors (Lipinski definition) is 3. The molecule has 0 aromatic heterocycles. The van der Waals surface area contributed by atoms with Crippen LogP contribution in [0, 0.1) is 0 Å². The van der Waals surface area contributed by atoms with Crippen LogP contribution in [0.2, 0.25) is 0 Å². The number of halogens is 1. The summed E-state index contributed by atoms with van der Waals surface area (Å²) in [6.07, 6.45) is 0.779. The minimum atomic E-state index is -3.49. The van der Waals surface area contributed by atoms with Crippen LogP contribution in [0.3, 0.4) is 0 Å². The van der Waals surface area contributed by atoms with Gasteiger partial charge in [0.1, 0.15) is 0 Å². The average Bonchev–Trinajstić information content (AvgIpc) is 2.39. The smallest absolute Gasteiger partial charge is 0.244 e. The number of rotatable bonds is 6. The molecular formula is C13H21BrN2O2S. The normalized spacial score (nSPS) is 13.8. The second-order valence-corrected chi connectivity index (χ2v) is 7.15. The molecule has 4 nitrogen and oxygen atoms in total. The third kappa shape index (κ3) is 3.56. The van der Waals surface area contributed by atoms with Crippen molar-refractivity contribution >= 4 is 26.0 Å². The molecule has 0 fully saturated rings. The van der Waals surface area contributed by atoms with Crippen molar-refractivity contribution in [2.24, 2.45) is 5.73 Å². The Bertz CT molecular complexity index is 531. The fourth-order valence-corrected chi connectivity index (χ4v) is 4.61. The van der Waals surface area contributed by atoms with Gasteiger partial charge in [0, 0.05) is 23.6 Å². The largest absolute Gasteiger partial charge is 0.326 e. The fraction of sp³-hybridized carbons (Fsp3) is 0.538. The molecule has 0 bridgehead atoms. The van der Waals surface area contributed by atoms with Crippen LogP contribution in [0.4, 0.5) is 0 Å². The predicted octanol–water partition coefficient (Wildman–Crippen LogP) is 2.72. The highest BCUT2D eigenvalue weighted by molar-refractivity contribution is 9.10. The molecule has 0 saturated carbocycles. The molecule has 0 spiro atoms. The Morgan fingerprint density at radius 2 is 2.00 bits per heavy atom. The van der Waals surface area contributed by atoms with Crippen LogP contribution >= 0.6 is 15.9 Å². The van der Waals surface area contributed by atoms with Crippen molar-refractivity contribution in [3.63, 3.8) is 0 Å². The van der Waals surface area contributed by atoms with E-state index in [9.17, 15) is 8.42 Å². The van der Waals surface area contributed by atoms with Gasteiger partial charge in [-0.2, -0.15) is 4.31 Å². The highest BCUT2D eigenvalue weighted by atomic mass is 79.9. The third-order valence-corrected chi connectivity index (χ3v) is 6.30. The maximum Gasteiger partial charge on any atom is 0.244 e. The minimum Gasteiger partial charge on any atom is -0.326 e. The Kier molecular flexibility index (Phi) is 5.98. The van der Waals surface area contributed by atoms with Crippen LogP contribution in [-0.2, 0) is 16.6 Å². The van der Waals surface area contributed by atoms with Crippen molar-refractivity contribution in [2.45, 2.75) is 44.7 Å². The molecule has 2 N–H and O–H groups in total. The van der Waals surface area contributed by atoms with Crippen LogP contribution in [0.15, 0.2) is 27.6 Å². The van der Waals surface area contributed by atoms with Crippen molar-refractivity contribution in [1.82, 2.24) is 4.31 Å². The van der Waals surface area contributed by atoms with Crippen LogP contribution in [0.25, 0.3) is 0 Å². The first kappa shape index (κ1) is 16.6. The van der Waals surface area contributed by atoms with Crippen LogP contribution in [-0.4, -0.2) is 25.3 Å². The van der Waals surface area contributed by atoms with Gasteiger partial charge in [0.15, 0.2) is 0 Å². The Morgan fingerprint density at radius 3 is 2.47 bits per heavy atom. The quantitative estimate of drug-likeness (QED) is 0.859. The van der Waals surface area contributed by atoms with Gasteiger partial charge in [0.05, 0.1) is 4.90 Å². The molecule has 0 heterocycles. The van der Waals surface area contributed by atoms with Crippen LogP contribution in [0.1, 0.15) is 32.8 Å². The fourth-order valence-electron chi connectivity index (χ4n) is 1.92. The lowest BCUT2D eigenvalue weighted by molar-refractivity contribution is 0.342. The van der Waals surface area contributed by atoms with Crippen LogP contribution < -0.4 is 5.73 Å². The molecular weight excluding hydrogens is 328 g/mol. The molecule has 0 amide bonds. The van der Waals surface area contributed by atoms with Gasteiger partial charge in [-0.15, -0.1) is 0 Å². The number of sulfonamides is 1. The van der Waals surface area contributed by atoms with Gasteiger partial charge in [-0.3, -0.25) is 0 Å². The van der Waals surface area contributed by atoms with E-state index in [-0.39, 0.29) is 10.9 Å². The summed E-state index contributed by atoms with van der Waals surface area (Å²) < 4.78 is 27.5. The van der Waals surface area contributed by atoms with E-state index >= 15 is 0 Å². The first-order valence-electron chi connectivity index (χ1n) is 6.38. The standard InChI is InChI=1S/C13H21BrN2O2S/c1-4-10(3)16(5-2)19(17,18)13-8-11(9-15)6-7-12(13)14/h6-8,10H,4-5,9,15H2,1-3H3. The lowest BCUT2D eigenvalue weighted by atomic mass is 10.2. The Labute approximate surface area is 124 Å². The van der Waals surface area contributed by atoms with Gasteiger partial charge in [-0.1, -0.05) is 19.9 Å². The molecule has 108 valence electrons. The van der Waals surface area contributed by atoms with E-state index in [1.165, 1.54) is 4.31 Å². The first-order chi connectivity index (χ1) is 8.88. The van der Waals surface area contributed by atoms with Crippen molar-refractivity contribution < 1.29 is 8.42 Å². The van der Waals surface area contributed by atoms with Gasteiger partial charge in [0.25, 0.3) is 0 Å². The highest BCUT2D eigenvalue weighted by Gasteiger charge is 2.28. The highest BCUT2D eigenvalue weighted by Crippen LogP contribution is 2.27. The van der Waals surface area contributed by atoms with Crippen molar-refractivity contribution in [3.05, 3.63) is 28.2 Å². The summed E-state index contributed by atoms with van der Waals surface area (Å²) in [4.78, 5) is 0.289. The van der Waals surface area contributed by atoms with E-state index in [1.807, 2.05) is 26.8 Å². The zero-order valence-corrected chi connectivity index (χ0v) is 14.0. The summed E-state index contributed by atoms with van der Waals surface area (Å²) in [5.74, 6) is 0. The van der Waals surface area contributed by atoms with Gasteiger partial charge < -0.3 is 5.73 Å². The number of nitrogens with two attached hydrogens (primary N) is 1. The summed E-state index contributed by atoms with van der Waals surface area (Å²) in [6.45, 7) is 6.53. The zero-order chi connectivity index (χ0) is 14.6. The summed E-state index contributed by atoms with van der Waals surface area (Å²) in [5, 5.41) is 0. The SMILES string of the molecule is CCC(C)N(CC)S(=O)(=O)c1cc(CN)ccc1Br. The average molecular weight is 349 g/mol. The maximum absolute atomic E-state index is 12.7. The molecule has 6 heteroatoms. The Hall–Kier alpha value is -0.430. The summed E-state index contributed by atoms with van der Waals surface area (Å²) >= 11 is 3.32. The van der Waals surface area contributed by atoms with Gasteiger partial charge >= 0.3 is 0 Å². The molecule has 1 aromatic carbocycles. The summed E-state index contributed by atoms with van der Waals surface area (Å²) in [6, 6.07) is 5.18. The molecule has 1 unspecified atom stereocenters. The van der Waals surface area contributed by atoms with Crippen molar-refractivity contribution in [1.29, 1.82) is 0 Å². The molecule has 19 heavy (non-hydrogen) atoms. The van der Waals surface area contributed by atoms with E-state index in [0.717, 1.165) is 12.0 Å². The van der Waals surface area contributed by atoms with E-state index in [4.69, 9.17) is 5.73 Å². The monoisotopic (exact) mass is 348 g/mol. The molecule has 0 aliphatic heterocycles. The molecule has 0 saturated heterocycles.